The lowest BCUT2D eigenvalue weighted by atomic mass is 9.80. The third-order valence-electron chi connectivity index (χ3n) is 2.50. The van der Waals surface area contributed by atoms with Crippen molar-refractivity contribution in [2.45, 2.75) is 46.0 Å². The van der Waals surface area contributed by atoms with Gasteiger partial charge < -0.3 is 0 Å². The van der Waals surface area contributed by atoms with Crippen molar-refractivity contribution in [3.63, 3.8) is 0 Å². The molecule has 0 aromatic heterocycles. The molecular formula is C10H18. The highest BCUT2D eigenvalue weighted by atomic mass is 14.2. The van der Waals surface area contributed by atoms with Crippen LogP contribution in [0.15, 0.2) is 11.6 Å². The molecule has 0 N–H and O–H groups in total. The number of hydrogen-bond acceptors (Lipinski definition) is 0. The van der Waals surface area contributed by atoms with Crippen LogP contribution in [0.1, 0.15) is 46.0 Å². The maximum absolute atomic E-state index is 2.40. The van der Waals surface area contributed by atoms with E-state index in [1.54, 1.807) is 5.57 Å². The van der Waals surface area contributed by atoms with Crippen molar-refractivity contribution in [2.24, 2.45) is 5.92 Å². The predicted molar refractivity (Wildman–Crippen MR) is 46.0 cm³/mol. The van der Waals surface area contributed by atoms with Gasteiger partial charge in [-0.15, -0.1) is 0 Å². The van der Waals surface area contributed by atoms with E-state index in [9.17, 15) is 0 Å². The molecule has 1 unspecified atom stereocenters. The zero-order chi connectivity index (χ0) is 7.40. The van der Waals surface area contributed by atoms with Gasteiger partial charge in [0.15, 0.2) is 0 Å². The fourth-order valence-electron chi connectivity index (χ4n) is 1.64. The number of rotatable bonds is 4. The third-order valence-corrected chi connectivity index (χ3v) is 2.50. The summed E-state index contributed by atoms with van der Waals surface area (Å²) in [5.41, 5.74) is 1.72. The average molecular weight is 138 g/mol. The Morgan fingerprint density at radius 3 is 2.70 bits per heavy atom. The summed E-state index contributed by atoms with van der Waals surface area (Å²) < 4.78 is 0. The van der Waals surface area contributed by atoms with Gasteiger partial charge in [-0.25, -0.2) is 0 Å². The molecule has 0 saturated carbocycles. The molecule has 0 bridgehead atoms. The maximum Gasteiger partial charge on any atom is -0.0169 e. The largest absolute Gasteiger partial charge is 0.0845 e. The SMILES string of the molecule is CCCCC1CC=C1CC. The molecule has 0 aromatic carbocycles. The minimum absolute atomic E-state index is 0.977. The van der Waals surface area contributed by atoms with Gasteiger partial charge >= 0.3 is 0 Å². The molecule has 10 heavy (non-hydrogen) atoms. The summed E-state index contributed by atoms with van der Waals surface area (Å²) in [6.07, 6.45) is 9.27. The summed E-state index contributed by atoms with van der Waals surface area (Å²) in [6, 6.07) is 0. The lowest BCUT2D eigenvalue weighted by Crippen LogP contribution is -2.11. The van der Waals surface area contributed by atoms with Crippen LogP contribution in [0.3, 0.4) is 0 Å². The van der Waals surface area contributed by atoms with Crippen LogP contribution in [0.25, 0.3) is 0 Å². The van der Waals surface area contributed by atoms with E-state index in [0.29, 0.717) is 0 Å². The van der Waals surface area contributed by atoms with Crippen molar-refractivity contribution in [3.05, 3.63) is 11.6 Å². The topological polar surface area (TPSA) is 0 Å². The molecule has 0 saturated heterocycles. The quantitative estimate of drug-likeness (QED) is 0.521. The smallest absolute Gasteiger partial charge is 0.0169 e. The second kappa shape index (κ2) is 3.80. The first-order valence-electron chi connectivity index (χ1n) is 4.57. The summed E-state index contributed by atoms with van der Waals surface area (Å²) in [6.45, 7) is 4.54. The summed E-state index contributed by atoms with van der Waals surface area (Å²) in [7, 11) is 0. The Morgan fingerprint density at radius 1 is 1.50 bits per heavy atom. The number of unbranched alkanes of at least 4 members (excludes halogenated alkanes) is 1. The second-order valence-corrected chi connectivity index (χ2v) is 3.21. The predicted octanol–water partition coefficient (Wildman–Crippen LogP) is 3.53. The zero-order valence-electron chi connectivity index (χ0n) is 7.19. The van der Waals surface area contributed by atoms with Gasteiger partial charge in [-0.05, 0) is 25.2 Å². The van der Waals surface area contributed by atoms with E-state index >= 15 is 0 Å². The van der Waals surface area contributed by atoms with Gasteiger partial charge in [-0.1, -0.05) is 38.3 Å². The fourth-order valence-corrected chi connectivity index (χ4v) is 1.64. The molecule has 0 aliphatic heterocycles. The Kier molecular flexibility index (Phi) is 2.98. The van der Waals surface area contributed by atoms with E-state index in [4.69, 9.17) is 0 Å². The van der Waals surface area contributed by atoms with E-state index in [1.165, 1.54) is 32.1 Å². The maximum atomic E-state index is 2.40. The molecule has 1 rings (SSSR count). The Balaban J connectivity index is 2.14. The fraction of sp³-hybridized carbons (Fsp3) is 0.800. The van der Waals surface area contributed by atoms with Crippen LogP contribution in [0.5, 0.6) is 0 Å². The molecule has 0 heteroatoms. The van der Waals surface area contributed by atoms with Crippen LogP contribution in [0.2, 0.25) is 0 Å². The van der Waals surface area contributed by atoms with Gasteiger partial charge in [0.2, 0.25) is 0 Å². The number of allylic oxidation sites excluding steroid dienone is 2. The third kappa shape index (κ3) is 1.62. The van der Waals surface area contributed by atoms with Crippen molar-refractivity contribution in [1.82, 2.24) is 0 Å². The molecule has 0 radical (unpaired) electrons. The van der Waals surface area contributed by atoms with Crippen molar-refractivity contribution in [3.8, 4) is 0 Å². The van der Waals surface area contributed by atoms with Crippen molar-refractivity contribution in [1.29, 1.82) is 0 Å². The molecule has 0 heterocycles. The van der Waals surface area contributed by atoms with Gasteiger partial charge in [0.25, 0.3) is 0 Å². The summed E-state index contributed by atoms with van der Waals surface area (Å²) in [4.78, 5) is 0. The van der Waals surface area contributed by atoms with Crippen LogP contribution in [-0.4, -0.2) is 0 Å². The molecule has 58 valence electrons. The number of hydrogen-bond donors (Lipinski definition) is 0. The molecule has 0 aromatic rings. The Labute approximate surface area is 64.3 Å². The summed E-state index contributed by atoms with van der Waals surface area (Å²) >= 11 is 0. The summed E-state index contributed by atoms with van der Waals surface area (Å²) in [5, 5.41) is 0. The van der Waals surface area contributed by atoms with E-state index < -0.39 is 0 Å². The van der Waals surface area contributed by atoms with Crippen LogP contribution < -0.4 is 0 Å². The van der Waals surface area contributed by atoms with E-state index in [0.717, 1.165) is 5.92 Å². The van der Waals surface area contributed by atoms with Gasteiger partial charge in [0, 0.05) is 0 Å². The van der Waals surface area contributed by atoms with Gasteiger partial charge in [-0.2, -0.15) is 0 Å². The molecule has 0 spiro atoms. The highest BCUT2D eigenvalue weighted by Crippen LogP contribution is 2.33. The Bertz CT molecular complexity index is 122. The first-order valence-corrected chi connectivity index (χ1v) is 4.57. The van der Waals surface area contributed by atoms with Crippen LogP contribution in [0.4, 0.5) is 0 Å². The van der Waals surface area contributed by atoms with Crippen molar-refractivity contribution in [2.75, 3.05) is 0 Å². The first kappa shape index (κ1) is 7.84. The van der Waals surface area contributed by atoms with Crippen molar-refractivity contribution >= 4 is 0 Å². The highest BCUT2D eigenvalue weighted by Gasteiger charge is 2.17. The lowest BCUT2D eigenvalue weighted by molar-refractivity contribution is 0.480. The minimum atomic E-state index is 0.977. The van der Waals surface area contributed by atoms with Gasteiger partial charge in [-0.3, -0.25) is 0 Å². The average Bonchev–Trinajstić information content (AvgIpc) is 1.88. The molecule has 0 nitrogen and oxygen atoms in total. The molecule has 0 fully saturated rings. The van der Waals surface area contributed by atoms with E-state index in [2.05, 4.69) is 19.9 Å². The lowest BCUT2D eigenvalue weighted by Gasteiger charge is -2.26. The van der Waals surface area contributed by atoms with Gasteiger partial charge in [0.1, 0.15) is 0 Å². The monoisotopic (exact) mass is 138 g/mol. The summed E-state index contributed by atoms with van der Waals surface area (Å²) in [5.74, 6) is 0.977. The Morgan fingerprint density at radius 2 is 2.30 bits per heavy atom. The van der Waals surface area contributed by atoms with Gasteiger partial charge in [0.05, 0.1) is 0 Å². The minimum Gasteiger partial charge on any atom is -0.0845 e. The molecule has 1 aliphatic rings. The standard InChI is InChI=1S/C10H18/c1-3-5-6-10-8-7-9(10)4-2/h7,10H,3-6,8H2,1-2H3. The molecule has 1 aliphatic carbocycles. The highest BCUT2D eigenvalue weighted by molar-refractivity contribution is 5.16. The van der Waals surface area contributed by atoms with Crippen molar-refractivity contribution < 1.29 is 0 Å². The second-order valence-electron chi connectivity index (χ2n) is 3.21. The first-order chi connectivity index (χ1) is 4.88. The molecule has 0 amide bonds. The molecule has 1 atom stereocenters. The Hall–Kier alpha value is -0.260. The zero-order valence-corrected chi connectivity index (χ0v) is 7.19. The van der Waals surface area contributed by atoms with E-state index in [1.807, 2.05) is 0 Å². The normalized spacial score (nSPS) is 23.8. The van der Waals surface area contributed by atoms with Crippen LogP contribution >= 0.6 is 0 Å². The van der Waals surface area contributed by atoms with Crippen LogP contribution in [0, 0.1) is 5.92 Å². The molecular weight excluding hydrogens is 120 g/mol. The van der Waals surface area contributed by atoms with E-state index in [-0.39, 0.29) is 0 Å². The van der Waals surface area contributed by atoms with Crippen LogP contribution in [-0.2, 0) is 0 Å².